The van der Waals surface area contributed by atoms with Crippen LogP contribution in [0.15, 0.2) is 107 Å². The molecular weight excluding hydrogens is 348 g/mol. The summed E-state index contributed by atoms with van der Waals surface area (Å²) in [6.45, 7) is 0. The predicted molar refractivity (Wildman–Crippen MR) is 111 cm³/mol. The molecule has 3 heteroatoms. The Balaban J connectivity index is 1.60. The maximum Gasteiger partial charge on any atom is 0.106 e. The number of pyridine rings is 2. The van der Waals surface area contributed by atoms with E-state index >= 15 is 0 Å². The third kappa shape index (κ3) is 4.63. The van der Waals surface area contributed by atoms with Crippen molar-refractivity contribution in [2.45, 2.75) is 22.9 Å². The molecule has 0 unspecified atom stereocenters. The second-order valence-corrected chi connectivity index (χ2v) is 7.34. The zero-order valence-electron chi connectivity index (χ0n) is 15.0. The summed E-state index contributed by atoms with van der Waals surface area (Å²) < 4.78 is 0. The van der Waals surface area contributed by atoms with Crippen LogP contribution in [0.1, 0.15) is 22.3 Å². The van der Waals surface area contributed by atoms with Crippen LogP contribution in [-0.4, -0.2) is 9.97 Å². The van der Waals surface area contributed by atoms with Gasteiger partial charge in [-0.3, -0.25) is 0 Å². The molecule has 132 valence electrons. The Labute approximate surface area is 164 Å². The predicted octanol–water partition coefficient (Wildman–Crippen LogP) is 5.81. The largest absolute Gasteiger partial charge is 0.249 e. The van der Waals surface area contributed by atoms with Crippen molar-refractivity contribution in [1.82, 2.24) is 9.97 Å². The van der Waals surface area contributed by atoms with E-state index in [0.29, 0.717) is 0 Å². The first-order valence-electron chi connectivity index (χ1n) is 9.02. The van der Waals surface area contributed by atoms with Crippen LogP contribution in [0.3, 0.4) is 0 Å². The van der Waals surface area contributed by atoms with Crippen molar-refractivity contribution in [1.29, 1.82) is 0 Å². The average molecular weight is 369 g/mol. The first kappa shape index (κ1) is 17.5. The van der Waals surface area contributed by atoms with Crippen molar-refractivity contribution in [2.75, 3.05) is 0 Å². The van der Waals surface area contributed by atoms with Gasteiger partial charge in [-0.1, -0.05) is 72.8 Å². The third-order valence-corrected chi connectivity index (χ3v) is 5.49. The highest BCUT2D eigenvalue weighted by atomic mass is 32.2. The summed E-state index contributed by atoms with van der Waals surface area (Å²) >= 11 is 1.66. The molecule has 2 heterocycles. The van der Waals surface area contributed by atoms with Crippen LogP contribution in [0.25, 0.3) is 0 Å². The molecule has 2 aromatic heterocycles. The third-order valence-electron chi connectivity index (χ3n) is 4.37. The van der Waals surface area contributed by atoms with Gasteiger partial charge in [-0.2, -0.15) is 0 Å². The second-order valence-electron chi connectivity index (χ2n) is 6.36. The summed E-state index contributed by atoms with van der Waals surface area (Å²) in [5.41, 5.74) is 5.03. The summed E-state index contributed by atoms with van der Waals surface area (Å²) in [5, 5.41) is 2.05. The maximum atomic E-state index is 4.64. The van der Waals surface area contributed by atoms with Crippen molar-refractivity contribution in [3.8, 4) is 0 Å². The van der Waals surface area contributed by atoms with Crippen molar-refractivity contribution >= 4 is 11.8 Å². The molecule has 0 aliphatic carbocycles. The molecule has 0 atom stereocenters. The first-order chi connectivity index (χ1) is 13.4. The molecule has 0 bridgehead atoms. The Morgan fingerprint density at radius 1 is 0.519 bits per heavy atom. The van der Waals surface area contributed by atoms with Gasteiger partial charge in [0.05, 0.1) is 0 Å². The SMILES string of the molecule is c1ccc(Cc2cccnc2Sc2ncccc2Cc2ccccc2)cc1. The summed E-state index contributed by atoms with van der Waals surface area (Å²) in [6, 6.07) is 29.4. The topological polar surface area (TPSA) is 25.8 Å². The van der Waals surface area contributed by atoms with E-state index in [9.17, 15) is 0 Å². The van der Waals surface area contributed by atoms with E-state index in [-0.39, 0.29) is 0 Å². The molecule has 4 rings (SSSR count). The van der Waals surface area contributed by atoms with E-state index in [1.54, 1.807) is 11.8 Å². The lowest BCUT2D eigenvalue weighted by atomic mass is 10.1. The zero-order chi connectivity index (χ0) is 18.3. The van der Waals surface area contributed by atoms with Gasteiger partial charge in [0.1, 0.15) is 10.1 Å². The van der Waals surface area contributed by atoms with E-state index in [4.69, 9.17) is 0 Å². The van der Waals surface area contributed by atoms with Gasteiger partial charge in [-0.05, 0) is 46.1 Å². The standard InChI is InChI=1S/C24H20N2S/c1-3-9-19(10-4-1)17-21-13-7-15-25-23(21)27-24-22(14-8-16-26-24)18-20-11-5-2-6-12-20/h1-16H,17-18H2. The van der Waals surface area contributed by atoms with Gasteiger partial charge in [0.15, 0.2) is 0 Å². The zero-order valence-corrected chi connectivity index (χ0v) is 15.8. The highest BCUT2D eigenvalue weighted by Gasteiger charge is 2.11. The van der Waals surface area contributed by atoms with Crippen molar-refractivity contribution in [3.05, 3.63) is 120 Å². The van der Waals surface area contributed by atoms with Crippen molar-refractivity contribution in [2.24, 2.45) is 0 Å². The molecule has 4 aromatic rings. The van der Waals surface area contributed by atoms with Crippen LogP contribution in [0.4, 0.5) is 0 Å². The normalized spacial score (nSPS) is 10.7. The lowest BCUT2D eigenvalue weighted by Crippen LogP contribution is -1.97. The van der Waals surface area contributed by atoms with Crippen LogP contribution in [0.5, 0.6) is 0 Å². The maximum absolute atomic E-state index is 4.64. The highest BCUT2D eigenvalue weighted by Crippen LogP contribution is 2.31. The Kier molecular flexibility index (Phi) is 5.61. The molecule has 27 heavy (non-hydrogen) atoms. The Morgan fingerprint density at radius 3 is 1.41 bits per heavy atom. The number of aromatic nitrogens is 2. The number of hydrogen-bond acceptors (Lipinski definition) is 3. The van der Waals surface area contributed by atoms with Crippen molar-refractivity contribution in [3.63, 3.8) is 0 Å². The average Bonchev–Trinajstić information content (AvgIpc) is 2.72. The van der Waals surface area contributed by atoms with E-state index in [2.05, 4.69) is 70.6 Å². The summed E-state index contributed by atoms with van der Waals surface area (Å²) in [4.78, 5) is 9.28. The molecule has 0 aliphatic heterocycles. The number of benzene rings is 2. The van der Waals surface area contributed by atoms with Crippen molar-refractivity contribution < 1.29 is 0 Å². The van der Waals surface area contributed by atoms with Crippen LogP contribution < -0.4 is 0 Å². The summed E-state index contributed by atoms with van der Waals surface area (Å²) in [5.74, 6) is 0. The van der Waals surface area contributed by atoms with Gasteiger partial charge >= 0.3 is 0 Å². The minimum atomic E-state index is 0.873. The molecule has 0 spiro atoms. The Bertz CT molecular complexity index is 918. The minimum absolute atomic E-state index is 0.873. The number of rotatable bonds is 6. The van der Waals surface area contributed by atoms with E-state index in [0.717, 1.165) is 22.9 Å². The molecule has 0 saturated carbocycles. The fourth-order valence-electron chi connectivity index (χ4n) is 3.02. The number of hydrogen-bond donors (Lipinski definition) is 0. The summed E-state index contributed by atoms with van der Waals surface area (Å²) in [6.07, 6.45) is 5.46. The molecule has 0 N–H and O–H groups in total. The van der Waals surface area contributed by atoms with Crippen LogP contribution in [0, 0.1) is 0 Å². The molecule has 0 amide bonds. The highest BCUT2D eigenvalue weighted by molar-refractivity contribution is 7.99. The fraction of sp³-hybridized carbons (Fsp3) is 0.0833. The van der Waals surface area contributed by atoms with Crippen LogP contribution in [-0.2, 0) is 12.8 Å². The van der Waals surface area contributed by atoms with Gasteiger partial charge in [0.25, 0.3) is 0 Å². The minimum Gasteiger partial charge on any atom is -0.249 e. The number of nitrogens with zero attached hydrogens (tertiary/aromatic N) is 2. The second kappa shape index (κ2) is 8.65. The lowest BCUT2D eigenvalue weighted by Gasteiger charge is -2.11. The van der Waals surface area contributed by atoms with Gasteiger partial charge in [0, 0.05) is 25.2 Å². The van der Waals surface area contributed by atoms with Gasteiger partial charge < -0.3 is 0 Å². The van der Waals surface area contributed by atoms with Crippen LogP contribution >= 0.6 is 11.8 Å². The first-order valence-corrected chi connectivity index (χ1v) is 9.83. The van der Waals surface area contributed by atoms with E-state index in [1.165, 1.54) is 22.3 Å². The summed E-state index contributed by atoms with van der Waals surface area (Å²) in [7, 11) is 0. The smallest absolute Gasteiger partial charge is 0.106 e. The Hall–Kier alpha value is -2.91. The molecule has 2 nitrogen and oxygen atoms in total. The molecule has 0 aliphatic rings. The lowest BCUT2D eigenvalue weighted by molar-refractivity contribution is 0.987. The molecule has 0 radical (unpaired) electrons. The van der Waals surface area contributed by atoms with Gasteiger partial charge in [0.2, 0.25) is 0 Å². The van der Waals surface area contributed by atoms with E-state index in [1.807, 2.05) is 36.7 Å². The Morgan fingerprint density at radius 2 is 0.963 bits per heavy atom. The van der Waals surface area contributed by atoms with Gasteiger partial charge in [-0.25, -0.2) is 9.97 Å². The monoisotopic (exact) mass is 368 g/mol. The molecule has 0 saturated heterocycles. The fourth-order valence-corrected chi connectivity index (χ4v) is 3.98. The van der Waals surface area contributed by atoms with Gasteiger partial charge in [-0.15, -0.1) is 0 Å². The molecular formula is C24H20N2S. The molecule has 2 aromatic carbocycles. The quantitative estimate of drug-likeness (QED) is 0.429. The van der Waals surface area contributed by atoms with Crippen LogP contribution in [0.2, 0.25) is 0 Å². The van der Waals surface area contributed by atoms with E-state index < -0.39 is 0 Å². The molecule has 0 fully saturated rings.